The Balaban J connectivity index is 1.61. The summed E-state index contributed by atoms with van der Waals surface area (Å²) in [4.78, 5) is 30.2. The van der Waals surface area contributed by atoms with Crippen LogP contribution >= 0.6 is 0 Å². The number of carbonyl (C=O) groups is 2. The molecule has 1 aliphatic carbocycles. The first-order valence-electron chi connectivity index (χ1n) is 11.7. The molecule has 1 aliphatic heterocycles. The Morgan fingerprint density at radius 2 is 1.63 bits per heavy atom. The lowest BCUT2D eigenvalue weighted by atomic mass is 9.86. The SMILES string of the molecule is CCCNC(=O)C(C1CCCC1)N1CCN(C(=O)c2ccc(C(C)(C)C)cc2)CC1. The van der Waals surface area contributed by atoms with Crippen LogP contribution in [0.25, 0.3) is 0 Å². The molecular weight excluding hydrogens is 374 g/mol. The molecule has 2 fully saturated rings. The van der Waals surface area contributed by atoms with E-state index in [9.17, 15) is 9.59 Å². The first-order valence-corrected chi connectivity index (χ1v) is 11.7. The van der Waals surface area contributed by atoms with Crippen LogP contribution in [0.1, 0.15) is 75.7 Å². The molecule has 30 heavy (non-hydrogen) atoms. The number of hydrogen-bond acceptors (Lipinski definition) is 3. The molecule has 166 valence electrons. The summed E-state index contributed by atoms with van der Waals surface area (Å²) < 4.78 is 0. The van der Waals surface area contributed by atoms with Gasteiger partial charge in [0.2, 0.25) is 5.91 Å². The lowest BCUT2D eigenvalue weighted by Crippen LogP contribution is -2.58. The fourth-order valence-corrected chi connectivity index (χ4v) is 4.80. The monoisotopic (exact) mass is 413 g/mol. The van der Waals surface area contributed by atoms with Gasteiger partial charge in [-0.25, -0.2) is 0 Å². The van der Waals surface area contributed by atoms with Crippen molar-refractivity contribution in [3.8, 4) is 0 Å². The third kappa shape index (κ3) is 5.42. The Hall–Kier alpha value is -1.88. The van der Waals surface area contributed by atoms with E-state index in [1.165, 1.54) is 18.4 Å². The van der Waals surface area contributed by atoms with Crippen LogP contribution in [0.15, 0.2) is 24.3 Å². The van der Waals surface area contributed by atoms with Crippen molar-refractivity contribution >= 4 is 11.8 Å². The lowest BCUT2D eigenvalue weighted by molar-refractivity contribution is -0.129. The number of nitrogens with one attached hydrogen (secondary N) is 1. The van der Waals surface area contributed by atoms with Crippen molar-refractivity contribution in [2.24, 2.45) is 5.92 Å². The minimum absolute atomic E-state index is 0.0395. The molecule has 2 aliphatic rings. The van der Waals surface area contributed by atoms with Crippen molar-refractivity contribution in [2.75, 3.05) is 32.7 Å². The quantitative estimate of drug-likeness (QED) is 0.771. The van der Waals surface area contributed by atoms with Gasteiger partial charge in [-0.2, -0.15) is 0 Å². The van der Waals surface area contributed by atoms with Gasteiger partial charge in [0.05, 0.1) is 6.04 Å². The Labute approximate surface area is 182 Å². The first-order chi connectivity index (χ1) is 14.3. The number of hydrogen-bond donors (Lipinski definition) is 1. The molecule has 1 atom stereocenters. The van der Waals surface area contributed by atoms with Crippen LogP contribution in [-0.4, -0.2) is 60.4 Å². The van der Waals surface area contributed by atoms with Crippen molar-refractivity contribution in [1.29, 1.82) is 0 Å². The molecule has 5 nitrogen and oxygen atoms in total. The Morgan fingerprint density at radius 1 is 1.03 bits per heavy atom. The first kappa shape index (κ1) is 22.8. The van der Waals surface area contributed by atoms with Gasteiger partial charge in [-0.1, -0.05) is 52.7 Å². The van der Waals surface area contributed by atoms with Crippen LogP contribution < -0.4 is 5.32 Å². The number of piperazine rings is 1. The molecule has 3 rings (SSSR count). The Morgan fingerprint density at radius 3 is 2.17 bits per heavy atom. The average molecular weight is 414 g/mol. The highest BCUT2D eigenvalue weighted by Crippen LogP contribution is 2.31. The van der Waals surface area contributed by atoms with Gasteiger partial charge in [0, 0.05) is 38.3 Å². The van der Waals surface area contributed by atoms with Gasteiger partial charge in [-0.05, 0) is 48.3 Å². The van der Waals surface area contributed by atoms with E-state index in [0.29, 0.717) is 19.0 Å². The van der Waals surface area contributed by atoms with E-state index < -0.39 is 0 Å². The molecule has 1 saturated carbocycles. The summed E-state index contributed by atoms with van der Waals surface area (Å²) in [5.41, 5.74) is 2.08. The van der Waals surface area contributed by atoms with Gasteiger partial charge in [-0.15, -0.1) is 0 Å². The zero-order valence-corrected chi connectivity index (χ0v) is 19.2. The van der Waals surface area contributed by atoms with Crippen LogP contribution in [0, 0.1) is 5.92 Å². The van der Waals surface area contributed by atoms with Crippen LogP contribution in [-0.2, 0) is 10.2 Å². The van der Waals surface area contributed by atoms with Crippen molar-refractivity contribution in [2.45, 2.75) is 71.3 Å². The van der Waals surface area contributed by atoms with Crippen LogP contribution in [0.5, 0.6) is 0 Å². The third-order valence-corrected chi connectivity index (χ3v) is 6.66. The van der Waals surface area contributed by atoms with E-state index in [4.69, 9.17) is 0 Å². The minimum atomic E-state index is -0.0395. The lowest BCUT2D eigenvalue weighted by Gasteiger charge is -2.40. The highest BCUT2D eigenvalue weighted by molar-refractivity contribution is 5.94. The molecule has 1 saturated heterocycles. The zero-order chi connectivity index (χ0) is 21.7. The maximum absolute atomic E-state index is 13.0. The summed E-state index contributed by atoms with van der Waals surface area (Å²) in [7, 11) is 0. The van der Waals surface area contributed by atoms with E-state index in [-0.39, 0.29) is 23.3 Å². The Bertz CT molecular complexity index is 709. The van der Waals surface area contributed by atoms with Crippen LogP contribution in [0.3, 0.4) is 0 Å². The maximum Gasteiger partial charge on any atom is 0.253 e. The Kier molecular flexibility index (Phi) is 7.56. The summed E-state index contributed by atoms with van der Waals surface area (Å²) in [5, 5.41) is 3.12. The molecule has 2 amide bonds. The highest BCUT2D eigenvalue weighted by atomic mass is 16.2. The van der Waals surface area contributed by atoms with E-state index in [1.54, 1.807) is 0 Å². The standard InChI is InChI=1S/C25H39N3O2/c1-5-14-26-23(29)22(19-8-6-7-9-19)27-15-17-28(18-16-27)24(30)20-10-12-21(13-11-20)25(2,3)4/h10-13,19,22H,5-9,14-18H2,1-4H3,(H,26,29). The second kappa shape index (κ2) is 9.95. The molecule has 0 aromatic heterocycles. The zero-order valence-electron chi connectivity index (χ0n) is 19.2. The van der Waals surface area contributed by atoms with E-state index in [2.05, 4.69) is 50.0 Å². The fraction of sp³-hybridized carbons (Fsp3) is 0.680. The second-order valence-electron chi connectivity index (χ2n) is 9.94. The van der Waals surface area contributed by atoms with Gasteiger partial charge in [0.15, 0.2) is 0 Å². The minimum Gasteiger partial charge on any atom is -0.355 e. The summed E-state index contributed by atoms with van der Waals surface area (Å²) in [6.07, 6.45) is 5.70. The topological polar surface area (TPSA) is 52.7 Å². The molecule has 0 radical (unpaired) electrons. The number of amides is 2. The van der Waals surface area contributed by atoms with Crippen molar-refractivity contribution in [1.82, 2.24) is 15.1 Å². The van der Waals surface area contributed by atoms with E-state index >= 15 is 0 Å². The van der Waals surface area contributed by atoms with Crippen molar-refractivity contribution in [3.63, 3.8) is 0 Å². The number of nitrogens with zero attached hydrogens (tertiary/aromatic N) is 2. The van der Waals surface area contributed by atoms with Gasteiger partial charge in [0.1, 0.15) is 0 Å². The second-order valence-corrected chi connectivity index (χ2v) is 9.94. The van der Waals surface area contributed by atoms with E-state index in [1.807, 2.05) is 17.0 Å². The van der Waals surface area contributed by atoms with Crippen LogP contribution in [0.4, 0.5) is 0 Å². The fourth-order valence-electron chi connectivity index (χ4n) is 4.80. The molecule has 0 spiro atoms. The van der Waals surface area contributed by atoms with Crippen LogP contribution in [0.2, 0.25) is 0 Å². The third-order valence-electron chi connectivity index (χ3n) is 6.66. The number of benzene rings is 1. The predicted octanol–water partition coefficient (Wildman–Crippen LogP) is 3.83. The molecule has 1 unspecified atom stereocenters. The molecule has 0 bridgehead atoms. The molecule has 1 aromatic rings. The average Bonchev–Trinajstić information content (AvgIpc) is 3.26. The number of carbonyl (C=O) groups excluding carboxylic acids is 2. The van der Waals surface area contributed by atoms with Crippen molar-refractivity contribution in [3.05, 3.63) is 35.4 Å². The van der Waals surface area contributed by atoms with Gasteiger partial charge < -0.3 is 10.2 Å². The van der Waals surface area contributed by atoms with Gasteiger partial charge >= 0.3 is 0 Å². The van der Waals surface area contributed by atoms with Gasteiger partial charge in [0.25, 0.3) is 5.91 Å². The molecule has 5 heteroatoms. The molecule has 1 aromatic carbocycles. The van der Waals surface area contributed by atoms with E-state index in [0.717, 1.165) is 44.5 Å². The smallest absolute Gasteiger partial charge is 0.253 e. The van der Waals surface area contributed by atoms with Gasteiger partial charge in [-0.3, -0.25) is 14.5 Å². The maximum atomic E-state index is 13.0. The summed E-state index contributed by atoms with van der Waals surface area (Å²) >= 11 is 0. The van der Waals surface area contributed by atoms with Crippen molar-refractivity contribution < 1.29 is 9.59 Å². The normalized spacial score (nSPS) is 19.7. The summed E-state index contributed by atoms with van der Waals surface area (Å²) in [5.74, 6) is 0.735. The predicted molar refractivity (Wildman–Crippen MR) is 122 cm³/mol. The largest absolute Gasteiger partial charge is 0.355 e. The molecular formula is C25H39N3O2. The number of rotatable bonds is 6. The summed E-state index contributed by atoms with van der Waals surface area (Å²) in [6.45, 7) is 12.3. The summed E-state index contributed by atoms with van der Waals surface area (Å²) in [6, 6.07) is 8.00. The highest BCUT2D eigenvalue weighted by Gasteiger charge is 2.37. The molecule has 1 heterocycles. The molecule has 1 N–H and O–H groups in total.